The van der Waals surface area contributed by atoms with Crippen LogP contribution in [0.15, 0.2) is 65.1 Å². The molecule has 1 radical (unpaired) electrons. The molecular formula is C15H11O. The molecule has 0 saturated heterocycles. The number of hydrogen-bond donors (Lipinski definition) is 0. The average Bonchev–Trinajstić information content (AvgIpc) is 2.72. The third kappa shape index (κ3) is 1.72. The van der Waals surface area contributed by atoms with Gasteiger partial charge in [0.15, 0.2) is 0 Å². The van der Waals surface area contributed by atoms with Crippen molar-refractivity contribution in [3.8, 4) is 0 Å². The fourth-order valence-corrected chi connectivity index (χ4v) is 1.79. The number of benzene rings is 2. The molecule has 0 fully saturated rings. The van der Waals surface area contributed by atoms with Crippen molar-refractivity contribution in [3.63, 3.8) is 0 Å². The number of para-hydroxylation sites is 1. The second-order valence-electron chi connectivity index (χ2n) is 3.74. The van der Waals surface area contributed by atoms with Crippen molar-refractivity contribution in [2.75, 3.05) is 0 Å². The lowest BCUT2D eigenvalue weighted by molar-refractivity contribution is 0.588. The predicted molar refractivity (Wildman–Crippen MR) is 65.2 cm³/mol. The Bertz CT molecular complexity index is 560. The first-order valence-corrected chi connectivity index (χ1v) is 5.30. The molecule has 0 atom stereocenters. The molecule has 0 unspecified atom stereocenters. The molecule has 1 heterocycles. The van der Waals surface area contributed by atoms with Crippen LogP contribution in [0.25, 0.3) is 11.0 Å². The van der Waals surface area contributed by atoms with E-state index in [0.717, 1.165) is 22.3 Å². The van der Waals surface area contributed by atoms with E-state index in [1.165, 1.54) is 0 Å². The highest BCUT2D eigenvalue weighted by Crippen LogP contribution is 2.21. The minimum absolute atomic E-state index is 0.896. The zero-order chi connectivity index (χ0) is 10.8. The Kier molecular flexibility index (Phi) is 2.22. The summed E-state index contributed by atoms with van der Waals surface area (Å²) in [5.41, 5.74) is 2.09. The Labute approximate surface area is 94.3 Å². The Hall–Kier alpha value is -2.02. The highest BCUT2D eigenvalue weighted by molar-refractivity contribution is 5.78. The first kappa shape index (κ1) is 9.22. The topological polar surface area (TPSA) is 13.1 Å². The Morgan fingerprint density at radius 3 is 2.38 bits per heavy atom. The van der Waals surface area contributed by atoms with Crippen LogP contribution < -0.4 is 0 Å². The molecule has 3 rings (SSSR count). The van der Waals surface area contributed by atoms with Crippen LogP contribution in [-0.4, -0.2) is 0 Å². The molecule has 1 aromatic heterocycles. The SMILES string of the molecule is [CH](c1ccccc1)c1cc2ccccc2o1. The summed E-state index contributed by atoms with van der Waals surface area (Å²) in [5, 5.41) is 1.14. The van der Waals surface area contributed by atoms with Crippen LogP contribution in [0.2, 0.25) is 0 Å². The molecule has 2 aromatic carbocycles. The van der Waals surface area contributed by atoms with Crippen molar-refractivity contribution in [2.45, 2.75) is 0 Å². The number of furan rings is 1. The van der Waals surface area contributed by atoms with Gasteiger partial charge in [0, 0.05) is 5.39 Å². The van der Waals surface area contributed by atoms with E-state index < -0.39 is 0 Å². The van der Waals surface area contributed by atoms with E-state index in [0.29, 0.717) is 0 Å². The first-order valence-electron chi connectivity index (χ1n) is 5.30. The van der Waals surface area contributed by atoms with Gasteiger partial charge in [0.25, 0.3) is 0 Å². The van der Waals surface area contributed by atoms with Crippen LogP contribution >= 0.6 is 0 Å². The molecule has 1 heteroatoms. The van der Waals surface area contributed by atoms with Crippen molar-refractivity contribution >= 4 is 11.0 Å². The number of fused-ring (bicyclic) bond motifs is 1. The minimum Gasteiger partial charge on any atom is -0.460 e. The van der Waals surface area contributed by atoms with Crippen molar-refractivity contribution in [2.24, 2.45) is 0 Å². The fourth-order valence-electron chi connectivity index (χ4n) is 1.79. The average molecular weight is 207 g/mol. The van der Waals surface area contributed by atoms with Gasteiger partial charge in [0.1, 0.15) is 11.3 Å². The summed E-state index contributed by atoms with van der Waals surface area (Å²) in [6.07, 6.45) is 2.04. The second kappa shape index (κ2) is 3.86. The zero-order valence-electron chi connectivity index (χ0n) is 8.76. The summed E-state index contributed by atoms with van der Waals surface area (Å²) in [7, 11) is 0. The highest BCUT2D eigenvalue weighted by atomic mass is 16.3. The van der Waals surface area contributed by atoms with Gasteiger partial charge in [0.2, 0.25) is 0 Å². The van der Waals surface area contributed by atoms with Gasteiger partial charge >= 0.3 is 0 Å². The van der Waals surface area contributed by atoms with Gasteiger partial charge in [-0.05, 0) is 17.7 Å². The lowest BCUT2D eigenvalue weighted by Gasteiger charge is -1.95. The van der Waals surface area contributed by atoms with Gasteiger partial charge in [0.05, 0.1) is 6.42 Å². The van der Waals surface area contributed by atoms with Crippen LogP contribution in [0, 0.1) is 6.42 Å². The maximum absolute atomic E-state index is 5.72. The molecule has 0 aliphatic heterocycles. The van der Waals surface area contributed by atoms with Crippen LogP contribution in [-0.2, 0) is 0 Å². The van der Waals surface area contributed by atoms with Gasteiger partial charge < -0.3 is 4.42 Å². The van der Waals surface area contributed by atoms with Gasteiger partial charge in [-0.3, -0.25) is 0 Å². The molecule has 16 heavy (non-hydrogen) atoms. The Morgan fingerprint density at radius 2 is 1.56 bits per heavy atom. The van der Waals surface area contributed by atoms with Crippen molar-refractivity contribution in [1.82, 2.24) is 0 Å². The molecule has 0 aliphatic rings. The van der Waals surface area contributed by atoms with E-state index in [4.69, 9.17) is 4.42 Å². The third-order valence-electron chi connectivity index (χ3n) is 2.55. The maximum Gasteiger partial charge on any atom is 0.134 e. The summed E-state index contributed by atoms with van der Waals surface area (Å²) in [4.78, 5) is 0. The molecule has 0 bridgehead atoms. The first-order chi connectivity index (χ1) is 7.92. The minimum atomic E-state index is 0.896. The third-order valence-corrected chi connectivity index (χ3v) is 2.55. The second-order valence-corrected chi connectivity index (χ2v) is 3.74. The van der Waals surface area contributed by atoms with Crippen LogP contribution in [0.1, 0.15) is 11.3 Å². The number of rotatable bonds is 2. The molecule has 0 saturated carbocycles. The Balaban J connectivity index is 1.95. The van der Waals surface area contributed by atoms with E-state index in [1.54, 1.807) is 0 Å². The van der Waals surface area contributed by atoms with Crippen LogP contribution in [0.4, 0.5) is 0 Å². The summed E-state index contributed by atoms with van der Waals surface area (Å²) < 4.78 is 5.72. The van der Waals surface area contributed by atoms with Gasteiger partial charge in [-0.1, -0.05) is 48.5 Å². The lowest BCUT2D eigenvalue weighted by Crippen LogP contribution is -1.79. The molecule has 1 nitrogen and oxygen atoms in total. The highest BCUT2D eigenvalue weighted by Gasteiger charge is 2.03. The smallest absolute Gasteiger partial charge is 0.134 e. The summed E-state index contributed by atoms with van der Waals surface area (Å²) in [6, 6.07) is 20.3. The van der Waals surface area contributed by atoms with E-state index in [9.17, 15) is 0 Å². The van der Waals surface area contributed by atoms with E-state index >= 15 is 0 Å². The summed E-state index contributed by atoms with van der Waals surface area (Å²) >= 11 is 0. The molecule has 3 aromatic rings. The standard InChI is InChI=1S/C15H11O/c1-2-6-12(7-3-1)10-14-11-13-8-4-5-9-15(13)16-14/h1-11H. The Morgan fingerprint density at radius 1 is 0.812 bits per heavy atom. The van der Waals surface area contributed by atoms with E-state index in [1.807, 2.05) is 42.8 Å². The summed E-state index contributed by atoms with van der Waals surface area (Å²) in [5.74, 6) is 0.896. The van der Waals surface area contributed by atoms with Gasteiger partial charge in [-0.15, -0.1) is 0 Å². The monoisotopic (exact) mass is 207 g/mol. The van der Waals surface area contributed by atoms with E-state index in [-0.39, 0.29) is 0 Å². The quantitative estimate of drug-likeness (QED) is 0.618. The van der Waals surface area contributed by atoms with Crippen molar-refractivity contribution < 1.29 is 4.42 Å². The molecule has 77 valence electrons. The van der Waals surface area contributed by atoms with Gasteiger partial charge in [-0.2, -0.15) is 0 Å². The van der Waals surface area contributed by atoms with Crippen molar-refractivity contribution in [3.05, 3.63) is 78.4 Å². The largest absolute Gasteiger partial charge is 0.460 e. The molecule has 0 amide bonds. The van der Waals surface area contributed by atoms with Crippen LogP contribution in [0.3, 0.4) is 0 Å². The molecule has 0 spiro atoms. The normalized spacial score (nSPS) is 10.8. The van der Waals surface area contributed by atoms with E-state index in [2.05, 4.69) is 24.3 Å². The number of hydrogen-bond acceptors (Lipinski definition) is 1. The maximum atomic E-state index is 5.72. The fraction of sp³-hybridized carbons (Fsp3) is 0. The van der Waals surface area contributed by atoms with Crippen molar-refractivity contribution in [1.29, 1.82) is 0 Å². The van der Waals surface area contributed by atoms with Gasteiger partial charge in [-0.25, -0.2) is 0 Å². The lowest BCUT2D eigenvalue weighted by atomic mass is 10.1. The molecule has 0 N–H and O–H groups in total. The summed E-state index contributed by atoms with van der Waals surface area (Å²) in [6.45, 7) is 0. The predicted octanol–water partition coefficient (Wildman–Crippen LogP) is 4.03. The zero-order valence-corrected chi connectivity index (χ0v) is 8.76. The van der Waals surface area contributed by atoms with Crippen LogP contribution in [0.5, 0.6) is 0 Å². The molecular weight excluding hydrogens is 196 g/mol. The molecule has 0 aliphatic carbocycles.